The molecule has 0 saturated heterocycles. The van der Waals surface area contributed by atoms with Crippen molar-refractivity contribution in [1.82, 2.24) is 0 Å². The van der Waals surface area contributed by atoms with Gasteiger partial charge in [0.05, 0.1) is 0 Å². The van der Waals surface area contributed by atoms with E-state index < -0.39 is 12.2 Å². The van der Waals surface area contributed by atoms with Crippen LogP contribution in [0.1, 0.15) is 19.4 Å². The van der Waals surface area contributed by atoms with Crippen molar-refractivity contribution in [3.05, 3.63) is 53.8 Å². The smallest absolute Gasteiger partial charge is 0.406 e. The Bertz CT molecular complexity index is 594. The fraction of sp³-hybridized carbons (Fsp3) is 0.250. The molecule has 0 aliphatic rings. The first-order chi connectivity index (χ1) is 10.4. The summed E-state index contributed by atoms with van der Waals surface area (Å²) in [5.41, 5.74) is 6.94. The topological polar surface area (TPSA) is 35.2 Å². The van der Waals surface area contributed by atoms with Crippen LogP contribution >= 0.6 is 0 Å². The van der Waals surface area contributed by atoms with Crippen LogP contribution in [0.25, 0.3) is 11.1 Å². The standard InChI is InChI=1S/C14H11F4NO.C2H6/c15-13-6-1-9(8-19)7-12(13)10-2-4-11(5-3-10)20-14(16,17)18;1-2/h1-7H,8,19H2;1-2H3. The molecule has 2 rings (SSSR count). The summed E-state index contributed by atoms with van der Waals surface area (Å²) in [7, 11) is 0. The first-order valence-electron chi connectivity index (χ1n) is 6.74. The van der Waals surface area contributed by atoms with Gasteiger partial charge >= 0.3 is 6.36 Å². The molecule has 0 heterocycles. The second-order valence-electron chi connectivity index (χ2n) is 4.09. The number of nitrogens with two attached hydrogens (primary N) is 1. The van der Waals surface area contributed by atoms with Crippen LogP contribution in [0.5, 0.6) is 5.75 Å². The van der Waals surface area contributed by atoms with E-state index in [0.717, 1.165) is 17.7 Å². The van der Waals surface area contributed by atoms with Crippen LogP contribution < -0.4 is 10.5 Å². The minimum absolute atomic E-state index is 0.253. The summed E-state index contributed by atoms with van der Waals surface area (Å²) in [5, 5.41) is 0. The van der Waals surface area contributed by atoms with Gasteiger partial charge in [-0.1, -0.05) is 32.0 Å². The molecule has 120 valence electrons. The summed E-state index contributed by atoms with van der Waals surface area (Å²) in [6, 6.07) is 9.39. The molecule has 2 aromatic rings. The molecular formula is C16H17F4NO. The van der Waals surface area contributed by atoms with Crippen LogP contribution in [0, 0.1) is 5.82 Å². The highest BCUT2D eigenvalue weighted by molar-refractivity contribution is 5.65. The SMILES string of the molecule is CC.NCc1ccc(F)c(-c2ccc(OC(F)(F)F)cc2)c1. The monoisotopic (exact) mass is 315 g/mol. The van der Waals surface area contributed by atoms with Crippen molar-refractivity contribution >= 4 is 0 Å². The number of ether oxygens (including phenoxy) is 1. The lowest BCUT2D eigenvalue weighted by molar-refractivity contribution is -0.274. The molecule has 0 unspecified atom stereocenters. The third-order valence-electron chi connectivity index (χ3n) is 2.67. The highest BCUT2D eigenvalue weighted by Gasteiger charge is 2.30. The predicted molar refractivity (Wildman–Crippen MR) is 77.8 cm³/mol. The summed E-state index contributed by atoms with van der Waals surface area (Å²) in [4.78, 5) is 0. The van der Waals surface area contributed by atoms with Crippen molar-refractivity contribution in [2.24, 2.45) is 5.73 Å². The average Bonchev–Trinajstić information content (AvgIpc) is 2.49. The maximum absolute atomic E-state index is 13.7. The summed E-state index contributed by atoms with van der Waals surface area (Å²) in [6.07, 6.45) is -4.74. The first-order valence-corrected chi connectivity index (χ1v) is 6.74. The molecule has 0 spiro atoms. The summed E-state index contributed by atoms with van der Waals surface area (Å²) < 4.78 is 53.6. The number of benzene rings is 2. The summed E-state index contributed by atoms with van der Waals surface area (Å²) in [6.45, 7) is 4.25. The van der Waals surface area contributed by atoms with Crippen LogP contribution in [-0.2, 0) is 6.54 Å². The lowest BCUT2D eigenvalue weighted by atomic mass is 10.0. The van der Waals surface area contributed by atoms with Gasteiger partial charge in [-0.05, 0) is 35.4 Å². The van der Waals surface area contributed by atoms with Crippen LogP contribution in [0.3, 0.4) is 0 Å². The van der Waals surface area contributed by atoms with Crippen LogP contribution in [-0.4, -0.2) is 6.36 Å². The highest BCUT2D eigenvalue weighted by Crippen LogP contribution is 2.28. The van der Waals surface area contributed by atoms with Crippen LogP contribution in [0.4, 0.5) is 17.6 Å². The molecule has 0 radical (unpaired) electrons. The van der Waals surface area contributed by atoms with Gasteiger partial charge in [0.1, 0.15) is 11.6 Å². The van der Waals surface area contributed by atoms with Crippen molar-refractivity contribution in [2.75, 3.05) is 0 Å². The fourth-order valence-electron chi connectivity index (χ4n) is 1.76. The van der Waals surface area contributed by atoms with Gasteiger partial charge < -0.3 is 10.5 Å². The fourth-order valence-corrected chi connectivity index (χ4v) is 1.76. The Morgan fingerprint density at radius 1 is 1.00 bits per heavy atom. The summed E-state index contributed by atoms with van der Waals surface area (Å²) >= 11 is 0. The van der Waals surface area contributed by atoms with Gasteiger partial charge in [0.2, 0.25) is 0 Å². The van der Waals surface area contributed by atoms with Gasteiger partial charge in [0.15, 0.2) is 0 Å². The zero-order chi connectivity index (χ0) is 16.8. The van der Waals surface area contributed by atoms with Gasteiger partial charge in [-0.3, -0.25) is 0 Å². The summed E-state index contributed by atoms with van der Waals surface area (Å²) in [5.74, 6) is -0.816. The third-order valence-corrected chi connectivity index (χ3v) is 2.67. The molecule has 0 amide bonds. The van der Waals surface area contributed by atoms with Crippen LogP contribution in [0.2, 0.25) is 0 Å². The zero-order valence-corrected chi connectivity index (χ0v) is 12.2. The molecular weight excluding hydrogens is 298 g/mol. The number of halogens is 4. The minimum Gasteiger partial charge on any atom is -0.406 e. The van der Waals surface area contributed by atoms with E-state index in [1.807, 2.05) is 13.8 Å². The number of hydrogen-bond acceptors (Lipinski definition) is 2. The van der Waals surface area contributed by atoms with Gasteiger partial charge in [-0.25, -0.2) is 4.39 Å². The lowest BCUT2D eigenvalue weighted by Gasteiger charge is -2.10. The van der Waals surface area contributed by atoms with Gasteiger partial charge in [-0.2, -0.15) is 0 Å². The second-order valence-corrected chi connectivity index (χ2v) is 4.09. The van der Waals surface area contributed by atoms with Crippen LogP contribution in [0.15, 0.2) is 42.5 Å². The molecule has 2 N–H and O–H groups in total. The van der Waals surface area contributed by atoms with Crippen molar-refractivity contribution in [3.8, 4) is 16.9 Å². The largest absolute Gasteiger partial charge is 0.573 e. The van der Waals surface area contributed by atoms with Crippen molar-refractivity contribution < 1.29 is 22.3 Å². The molecule has 2 aromatic carbocycles. The molecule has 0 atom stereocenters. The Kier molecular flexibility index (Phi) is 6.37. The van der Waals surface area contributed by atoms with E-state index in [0.29, 0.717) is 5.56 Å². The van der Waals surface area contributed by atoms with E-state index >= 15 is 0 Å². The Morgan fingerprint density at radius 2 is 1.59 bits per heavy atom. The van der Waals surface area contributed by atoms with Gasteiger partial charge in [0.25, 0.3) is 0 Å². The molecule has 0 saturated carbocycles. The normalized spacial score (nSPS) is 10.7. The third kappa shape index (κ3) is 5.04. The van der Waals surface area contributed by atoms with Gasteiger partial charge in [0, 0.05) is 12.1 Å². The van der Waals surface area contributed by atoms with Crippen molar-refractivity contribution in [1.29, 1.82) is 0 Å². The van der Waals surface area contributed by atoms with E-state index in [1.165, 1.54) is 18.2 Å². The molecule has 0 bridgehead atoms. The lowest BCUT2D eigenvalue weighted by Crippen LogP contribution is -2.16. The Balaban J connectivity index is 0.00000116. The first kappa shape index (κ1) is 18.0. The minimum atomic E-state index is -4.74. The van der Waals surface area contributed by atoms with Crippen molar-refractivity contribution in [3.63, 3.8) is 0 Å². The Morgan fingerprint density at radius 3 is 2.09 bits per heavy atom. The second kappa shape index (κ2) is 7.79. The molecule has 0 fully saturated rings. The molecule has 0 aliphatic carbocycles. The molecule has 0 aliphatic heterocycles. The number of alkyl halides is 3. The number of rotatable bonds is 3. The Labute approximate surface area is 126 Å². The van der Waals surface area contributed by atoms with E-state index in [-0.39, 0.29) is 17.9 Å². The Hall–Kier alpha value is -2.08. The number of hydrogen-bond donors (Lipinski definition) is 1. The quantitative estimate of drug-likeness (QED) is 0.820. The maximum Gasteiger partial charge on any atom is 0.573 e. The van der Waals surface area contributed by atoms with E-state index in [2.05, 4.69) is 4.74 Å². The maximum atomic E-state index is 13.7. The van der Waals surface area contributed by atoms with E-state index in [9.17, 15) is 17.6 Å². The van der Waals surface area contributed by atoms with E-state index in [4.69, 9.17) is 5.73 Å². The predicted octanol–water partition coefficient (Wildman–Crippen LogP) is 4.88. The average molecular weight is 315 g/mol. The molecule has 2 nitrogen and oxygen atoms in total. The van der Waals surface area contributed by atoms with Crippen molar-refractivity contribution in [2.45, 2.75) is 26.8 Å². The molecule has 6 heteroatoms. The molecule has 22 heavy (non-hydrogen) atoms. The van der Waals surface area contributed by atoms with E-state index in [1.54, 1.807) is 12.1 Å². The highest BCUT2D eigenvalue weighted by atomic mass is 19.4. The molecule has 0 aromatic heterocycles. The van der Waals surface area contributed by atoms with Gasteiger partial charge in [-0.15, -0.1) is 13.2 Å². The zero-order valence-electron chi connectivity index (χ0n) is 12.2.